The summed E-state index contributed by atoms with van der Waals surface area (Å²) in [6, 6.07) is 2.71. The van der Waals surface area contributed by atoms with Crippen LogP contribution in [-0.2, 0) is 9.53 Å². The number of carbonyl (C=O) groups excluding carboxylic acids is 1. The molecular weight excluding hydrogens is 530 g/mol. The van der Waals surface area contributed by atoms with E-state index >= 15 is 4.39 Å². The largest absolute Gasteiger partial charge is 0.417 e. The molecule has 1 amide bonds. The minimum absolute atomic E-state index is 0.00611. The van der Waals surface area contributed by atoms with Crippen LogP contribution in [-0.4, -0.2) is 86.5 Å². The summed E-state index contributed by atoms with van der Waals surface area (Å²) in [5, 5.41) is 5.17. The van der Waals surface area contributed by atoms with Gasteiger partial charge in [-0.1, -0.05) is 6.58 Å². The molecule has 3 aliphatic rings. The standard InChI is InChI=1S/C27H29F4N7O2/c1-17-11-21(27(29,30)31)20(16-32-17)25(39)35-23-12-19(22(28)13-24(23)37-5-3-36(2)4-6-37)18-14-33-26(34-15-18)38-7-9-40-10-8-38/h11-16,32H,1,3-10H2,2H3,(H,35,39). The molecule has 1 aromatic heterocycles. The molecule has 212 valence electrons. The Bertz CT molecular complexity index is 1340. The average Bonchev–Trinajstić information content (AvgIpc) is 2.94. The maximum Gasteiger partial charge on any atom is 0.417 e. The lowest BCUT2D eigenvalue weighted by molar-refractivity contribution is -0.115. The van der Waals surface area contributed by atoms with Crippen molar-refractivity contribution < 1.29 is 27.1 Å². The van der Waals surface area contributed by atoms with Crippen LogP contribution in [0.1, 0.15) is 0 Å². The van der Waals surface area contributed by atoms with Crippen LogP contribution in [0.3, 0.4) is 0 Å². The first kappa shape index (κ1) is 27.6. The van der Waals surface area contributed by atoms with Crippen LogP contribution < -0.4 is 20.4 Å². The molecule has 4 heterocycles. The summed E-state index contributed by atoms with van der Waals surface area (Å²) >= 11 is 0. The molecule has 2 N–H and O–H groups in total. The number of hydrogen-bond donors (Lipinski definition) is 2. The summed E-state index contributed by atoms with van der Waals surface area (Å²) in [7, 11) is 1.96. The zero-order chi connectivity index (χ0) is 28.4. The lowest BCUT2D eigenvalue weighted by Gasteiger charge is -2.35. The molecule has 0 atom stereocenters. The van der Waals surface area contributed by atoms with Gasteiger partial charge in [-0.25, -0.2) is 14.4 Å². The summed E-state index contributed by atoms with van der Waals surface area (Å²) < 4.78 is 62.1. The molecule has 0 radical (unpaired) electrons. The van der Waals surface area contributed by atoms with E-state index in [0.29, 0.717) is 69.7 Å². The molecule has 2 saturated heterocycles. The Morgan fingerprint density at radius 2 is 1.73 bits per heavy atom. The molecule has 1 aromatic carbocycles. The molecular formula is C27H29F4N7O2. The van der Waals surface area contributed by atoms with Crippen molar-refractivity contribution in [1.29, 1.82) is 0 Å². The minimum atomic E-state index is -4.78. The van der Waals surface area contributed by atoms with Gasteiger partial charge in [-0.05, 0) is 25.3 Å². The molecule has 0 saturated carbocycles. The number of piperazine rings is 1. The van der Waals surface area contributed by atoms with Crippen molar-refractivity contribution in [1.82, 2.24) is 20.2 Å². The van der Waals surface area contributed by atoms with Gasteiger partial charge in [0.1, 0.15) is 5.82 Å². The maximum atomic E-state index is 15.5. The second-order valence-electron chi connectivity index (χ2n) is 9.75. The lowest BCUT2D eigenvalue weighted by atomic mass is 10.0. The Labute approximate surface area is 228 Å². The highest BCUT2D eigenvalue weighted by molar-refractivity contribution is 6.09. The van der Waals surface area contributed by atoms with Crippen LogP contribution in [0.15, 0.2) is 60.2 Å². The van der Waals surface area contributed by atoms with E-state index in [4.69, 9.17) is 4.74 Å². The van der Waals surface area contributed by atoms with E-state index in [9.17, 15) is 18.0 Å². The Balaban J connectivity index is 1.49. The second-order valence-corrected chi connectivity index (χ2v) is 9.75. The van der Waals surface area contributed by atoms with Crippen molar-refractivity contribution >= 4 is 23.2 Å². The van der Waals surface area contributed by atoms with Gasteiger partial charge in [0.2, 0.25) is 5.95 Å². The fourth-order valence-electron chi connectivity index (χ4n) is 4.73. The number of carbonyl (C=O) groups is 1. The van der Waals surface area contributed by atoms with Crippen molar-refractivity contribution in [3.05, 3.63) is 66.0 Å². The number of dihydropyridines is 1. The number of rotatable bonds is 5. The van der Waals surface area contributed by atoms with Gasteiger partial charge in [0.25, 0.3) is 5.91 Å². The van der Waals surface area contributed by atoms with Gasteiger partial charge >= 0.3 is 6.18 Å². The quantitative estimate of drug-likeness (QED) is 0.540. The Hall–Kier alpha value is -3.97. The number of allylic oxidation sites excluding steroid dienone is 1. The summed E-state index contributed by atoms with van der Waals surface area (Å²) in [5.41, 5.74) is -0.697. The Morgan fingerprint density at radius 1 is 1.05 bits per heavy atom. The number of hydrogen-bond acceptors (Lipinski definition) is 8. The van der Waals surface area contributed by atoms with Gasteiger partial charge in [0.15, 0.2) is 0 Å². The zero-order valence-corrected chi connectivity index (χ0v) is 21.9. The number of morpholine rings is 1. The first-order valence-corrected chi connectivity index (χ1v) is 12.8. The number of amides is 1. The highest BCUT2D eigenvalue weighted by atomic mass is 19.4. The molecule has 2 aromatic rings. The Morgan fingerprint density at radius 3 is 2.38 bits per heavy atom. The molecule has 0 spiro atoms. The fourth-order valence-corrected chi connectivity index (χ4v) is 4.73. The van der Waals surface area contributed by atoms with Gasteiger partial charge < -0.3 is 30.1 Å². The summed E-state index contributed by atoms with van der Waals surface area (Å²) in [6.45, 7) is 8.37. The van der Waals surface area contributed by atoms with Gasteiger partial charge in [-0.2, -0.15) is 13.2 Å². The zero-order valence-electron chi connectivity index (χ0n) is 21.9. The number of nitrogens with one attached hydrogen (secondary N) is 2. The van der Waals surface area contributed by atoms with Crippen molar-refractivity contribution in [2.24, 2.45) is 0 Å². The molecule has 0 bridgehead atoms. The number of benzene rings is 1. The van der Waals surface area contributed by atoms with Crippen LogP contribution in [0.5, 0.6) is 0 Å². The molecule has 2 fully saturated rings. The molecule has 5 rings (SSSR count). The van der Waals surface area contributed by atoms with Crippen molar-refractivity contribution in [3.63, 3.8) is 0 Å². The molecule has 3 aliphatic heterocycles. The fraction of sp³-hybridized carbons (Fsp3) is 0.370. The number of nitrogens with zero attached hydrogens (tertiary/aromatic N) is 5. The van der Waals surface area contributed by atoms with E-state index in [2.05, 4.69) is 32.1 Å². The van der Waals surface area contributed by atoms with Gasteiger partial charge in [0.05, 0.1) is 35.7 Å². The van der Waals surface area contributed by atoms with E-state index in [1.54, 1.807) is 0 Å². The minimum Gasteiger partial charge on any atom is -0.378 e. The molecule has 0 unspecified atom stereocenters. The van der Waals surface area contributed by atoms with E-state index < -0.39 is 29.0 Å². The maximum absolute atomic E-state index is 15.5. The van der Waals surface area contributed by atoms with Crippen molar-refractivity contribution in [3.8, 4) is 11.1 Å². The predicted octanol–water partition coefficient (Wildman–Crippen LogP) is 3.30. The van der Waals surface area contributed by atoms with Gasteiger partial charge in [-0.3, -0.25) is 4.79 Å². The summed E-state index contributed by atoms with van der Waals surface area (Å²) in [5.74, 6) is -1.07. The molecule has 0 aliphatic carbocycles. The van der Waals surface area contributed by atoms with Crippen LogP contribution in [0.2, 0.25) is 0 Å². The van der Waals surface area contributed by atoms with Gasteiger partial charge in [0, 0.05) is 74.7 Å². The third-order valence-corrected chi connectivity index (χ3v) is 6.98. The van der Waals surface area contributed by atoms with Crippen LogP contribution in [0.4, 0.5) is 34.9 Å². The normalized spacial score (nSPS) is 18.7. The third-order valence-electron chi connectivity index (χ3n) is 6.98. The third kappa shape index (κ3) is 5.94. The van der Waals surface area contributed by atoms with Crippen molar-refractivity contribution in [2.75, 3.05) is 74.6 Å². The average molecular weight is 560 g/mol. The van der Waals surface area contributed by atoms with E-state index in [0.717, 1.165) is 12.3 Å². The highest BCUT2D eigenvalue weighted by Crippen LogP contribution is 2.37. The number of alkyl halides is 3. The smallest absolute Gasteiger partial charge is 0.378 e. The van der Waals surface area contributed by atoms with Crippen molar-refractivity contribution in [2.45, 2.75) is 6.18 Å². The van der Waals surface area contributed by atoms with Gasteiger partial charge in [-0.15, -0.1) is 0 Å². The SMILES string of the molecule is C=C1C=C(C(F)(F)F)C(C(=O)Nc2cc(-c3cnc(N4CCOCC4)nc3)c(F)cc2N2CCN(C)CC2)=CN1. The predicted molar refractivity (Wildman–Crippen MR) is 143 cm³/mol. The topological polar surface area (TPSA) is 85.9 Å². The van der Waals surface area contributed by atoms with E-state index in [-0.39, 0.29) is 16.9 Å². The Kier molecular flexibility index (Phi) is 7.76. The first-order chi connectivity index (χ1) is 19.1. The number of halogens is 4. The number of ether oxygens (including phenoxy) is 1. The molecule has 40 heavy (non-hydrogen) atoms. The molecule has 13 heteroatoms. The van der Waals surface area contributed by atoms with Crippen LogP contribution in [0.25, 0.3) is 11.1 Å². The number of aromatic nitrogens is 2. The second kappa shape index (κ2) is 11.3. The summed E-state index contributed by atoms with van der Waals surface area (Å²) in [6.07, 6.45) is -0.0531. The first-order valence-electron chi connectivity index (χ1n) is 12.8. The van der Waals surface area contributed by atoms with E-state index in [1.165, 1.54) is 24.5 Å². The molecule has 9 nitrogen and oxygen atoms in total. The number of anilines is 3. The van der Waals surface area contributed by atoms with E-state index in [1.807, 2.05) is 16.8 Å². The van der Waals surface area contributed by atoms with Crippen LogP contribution >= 0.6 is 0 Å². The number of likely N-dealkylation sites (N-methyl/N-ethyl adjacent to an activating group) is 1. The highest BCUT2D eigenvalue weighted by Gasteiger charge is 2.40. The summed E-state index contributed by atoms with van der Waals surface area (Å²) in [4.78, 5) is 27.9. The van der Waals surface area contributed by atoms with Crippen LogP contribution in [0, 0.1) is 5.82 Å². The lowest BCUT2D eigenvalue weighted by Crippen LogP contribution is -2.44. The monoisotopic (exact) mass is 559 g/mol.